The van der Waals surface area contributed by atoms with Crippen LogP contribution < -0.4 is 4.90 Å². The summed E-state index contributed by atoms with van der Waals surface area (Å²) in [5, 5.41) is 0.437. The molecule has 3 amide bonds. The largest absolute Gasteiger partial charge is 0.312 e. The lowest BCUT2D eigenvalue weighted by molar-refractivity contribution is -0.118. The smallest absolute Gasteiger partial charge is 0.261 e. The van der Waals surface area contributed by atoms with Crippen molar-refractivity contribution in [3.05, 3.63) is 64.2 Å². The highest BCUT2D eigenvalue weighted by molar-refractivity contribution is 6.31. The molecule has 0 N–H and O–H groups in total. The molecule has 0 saturated carbocycles. The predicted octanol–water partition coefficient (Wildman–Crippen LogP) is 3.34. The van der Waals surface area contributed by atoms with Gasteiger partial charge >= 0.3 is 0 Å². The maximum absolute atomic E-state index is 12.6. The quantitative estimate of drug-likeness (QED) is 0.743. The van der Waals surface area contributed by atoms with Crippen LogP contribution in [0.5, 0.6) is 0 Å². The van der Waals surface area contributed by atoms with Crippen LogP contribution in [-0.4, -0.2) is 41.5 Å². The SMILES string of the molecule is O=C1CCC(=O)N(CCCN2C(=O)c3ccccc3C2=O)c2cc(Cl)ccc21. The van der Waals surface area contributed by atoms with Crippen molar-refractivity contribution in [2.75, 3.05) is 18.0 Å². The minimum Gasteiger partial charge on any atom is -0.312 e. The lowest BCUT2D eigenvalue weighted by Crippen LogP contribution is -2.36. The monoisotopic (exact) mass is 396 g/mol. The van der Waals surface area contributed by atoms with E-state index in [0.717, 1.165) is 0 Å². The number of carbonyl (C=O) groups is 4. The predicted molar refractivity (Wildman–Crippen MR) is 104 cm³/mol. The van der Waals surface area contributed by atoms with Crippen LogP contribution in [-0.2, 0) is 4.79 Å². The Balaban J connectivity index is 1.51. The number of imide groups is 1. The molecule has 2 aliphatic rings. The van der Waals surface area contributed by atoms with E-state index in [1.807, 2.05) is 0 Å². The summed E-state index contributed by atoms with van der Waals surface area (Å²) in [4.78, 5) is 52.5. The normalized spacial score (nSPS) is 16.3. The number of anilines is 1. The Labute approximate surface area is 166 Å². The highest BCUT2D eigenvalue weighted by Crippen LogP contribution is 2.30. The summed E-state index contributed by atoms with van der Waals surface area (Å²) < 4.78 is 0. The number of hydrogen-bond donors (Lipinski definition) is 0. The number of halogens is 1. The van der Waals surface area contributed by atoms with Crippen LogP contribution in [0.4, 0.5) is 5.69 Å². The molecule has 4 rings (SSSR count). The van der Waals surface area contributed by atoms with Crippen LogP contribution in [0.3, 0.4) is 0 Å². The van der Waals surface area contributed by atoms with Crippen LogP contribution in [0.25, 0.3) is 0 Å². The standard InChI is InChI=1S/C21H17ClN2O4/c22-13-6-7-16-17(12-13)23(19(26)9-8-18(16)25)10-3-11-24-20(27)14-4-1-2-5-15(14)21(24)28/h1-2,4-7,12H,3,8-11H2. The molecule has 2 aromatic rings. The number of nitrogens with zero attached hydrogens (tertiary/aromatic N) is 2. The fraction of sp³-hybridized carbons (Fsp3) is 0.238. The molecule has 0 saturated heterocycles. The number of benzene rings is 2. The second kappa shape index (κ2) is 7.20. The summed E-state index contributed by atoms with van der Waals surface area (Å²) in [6, 6.07) is 11.6. The number of fused-ring (bicyclic) bond motifs is 2. The van der Waals surface area contributed by atoms with Gasteiger partial charge in [0.2, 0.25) is 5.91 Å². The number of Topliss-reactive ketones (excluding diaryl/α,β-unsaturated/α-hetero) is 1. The van der Waals surface area contributed by atoms with Gasteiger partial charge in [0.15, 0.2) is 5.78 Å². The highest BCUT2D eigenvalue weighted by atomic mass is 35.5. The van der Waals surface area contributed by atoms with Crippen molar-refractivity contribution in [1.29, 1.82) is 0 Å². The zero-order valence-corrected chi connectivity index (χ0v) is 15.7. The second-order valence-corrected chi connectivity index (χ2v) is 7.23. The van der Waals surface area contributed by atoms with E-state index >= 15 is 0 Å². The zero-order valence-electron chi connectivity index (χ0n) is 15.0. The molecule has 0 spiro atoms. The van der Waals surface area contributed by atoms with Gasteiger partial charge in [0.05, 0.1) is 16.8 Å². The summed E-state index contributed by atoms with van der Waals surface area (Å²) in [5.74, 6) is -0.901. The third-order valence-corrected chi connectivity index (χ3v) is 5.29. The van der Waals surface area contributed by atoms with Gasteiger partial charge in [0.1, 0.15) is 0 Å². The minimum atomic E-state index is -0.318. The molecule has 0 radical (unpaired) electrons. The fourth-order valence-corrected chi connectivity index (χ4v) is 3.83. The van der Waals surface area contributed by atoms with Gasteiger partial charge in [-0.3, -0.25) is 24.1 Å². The van der Waals surface area contributed by atoms with E-state index in [9.17, 15) is 19.2 Å². The average molecular weight is 397 g/mol. The van der Waals surface area contributed by atoms with Crippen molar-refractivity contribution < 1.29 is 19.2 Å². The maximum atomic E-state index is 12.6. The molecule has 0 unspecified atom stereocenters. The molecule has 0 atom stereocenters. The summed E-state index contributed by atoms with van der Waals surface area (Å²) in [7, 11) is 0. The molecule has 2 heterocycles. The van der Waals surface area contributed by atoms with Gasteiger partial charge in [0, 0.05) is 36.5 Å². The fourth-order valence-electron chi connectivity index (χ4n) is 3.66. The Kier molecular flexibility index (Phi) is 4.73. The average Bonchev–Trinajstić information content (AvgIpc) is 2.86. The van der Waals surface area contributed by atoms with Crippen LogP contribution in [0.2, 0.25) is 5.02 Å². The first-order valence-electron chi connectivity index (χ1n) is 9.05. The molecule has 142 valence electrons. The van der Waals surface area contributed by atoms with Gasteiger partial charge in [-0.05, 0) is 36.8 Å². The van der Waals surface area contributed by atoms with Crippen LogP contribution >= 0.6 is 11.6 Å². The second-order valence-electron chi connectivity index (χ2n) is 6.79. The molecule has 2 aliphatic heterocycles. The molecule has 7 heteroatoms. The highest BCUT2D eigenvalue weighted by Gasteiger charge is 2.35. The summed E-state index contributed by atoms with van der Waals surface area (Å²) in [6.45, 7) is 0.479. The summed E-state index contributed by atoms with van der Waals surface area (Å²) in [5.41, 5.74) is 1.76. The first-order valence-corrected chi connectivity index (χ1v) is 9.43. The van der Waals surface area contributed by atoms with E-state index < -0.39 is 0 Å². The zero-order chi connectivity index (χ0) is 19.8. The van der Waals surface area contributed by atoms with Crippen molar-refractivity contribution in [2.24, 2.45) is 0 Å². The first-order chi connectivity index (χ1) is 13.5. The van der Waals surface area contributed by atoms with E-state index in [-0.39, 0.29) is 49.4 Å². The van der Waals surface area contributed by atoms with Crippen molar-refractivity contribution in [2.45, 2.75) is 19.3 Å². The molecular weight excluding hydrogens is 380 g/mol. The molecule has 0 fully saturated rings. The lowest BCUT2D eigenvalue weighted by atomic mass is 10.1. The van der Waals surface area contributed by atoms with Crippen LogP contribution in [0.1, 0.15) is 50.3 Å². The third kappa shape index (κ3) is 3.10. The van der Waals surface area contributed by atoms with Crippen molar-refractivity contribution in [1.82, 2.24) is 4.90 Å². The molecule has 28 heavy (non-hydrogen) atoms. The van der Waals surface area contributed by atoms with Gasteiger partial charge in [0.25, 0.3) is 11.8 Å². The molecule has 0 bridgehead atoms. The van der Waals surface area contributed by atoms with E-state index in [1.165, 1.54) is 9.80 Å². The topological polar surface area (TPSA) is 74.8 Å². The number of amides is 3. The van der Waals surface area contributed by atoms with Gasteiger partial charge < -0.3 is 4.90 Å². The van der Waals surface area contributed by atoms with Gasteiger partial charge in [-0.25, -0.2) is 0 Å². The summed E-state index contributed by atoms with van der Waals surface area (Å²) >= 11 is 6.07. The Morgan fingerprint density at radius 3 is 2.11 bits per heavy atom. The van der Waals surface area contributed by atoms with E-state index in [2.05, 4.69) is 0 Å². The van der Waals surface area contributed by atoms with Gasteiger partial charge in [-0.15, -0.1) is 0 Å². The van der Waals surface area contributed by atoms with E-state index in [4.69, 9.17) is 11.6 Å². The molecule has 6 nitrogen and oxygen atoms in total. The number of carbonyl (C=O) groups excluding carboxylic acids is 4. The van der Waals surface area contributed by atoms with Gasteiger partial charge in [-0.2, -0.15) is 0 Å². The minimum absolute atomic E-state index is 0.0946. The Morgan fingerprint density at radius 1 is 0.786 bits per heavy atom. The van der Waals surface area contributed by atoms with Crippen molar-refractivity contribution in [3.8, 4) is 0 Å². The molecule has 0 aliphatic carbocycles. The molecule has 2 aromatic carbocycles. The summed E-state index contributed by atoms with van der Waals surface area (Å²) in [6.07, 6.45) is 0.678. The maximum Gasteiger partial charge on any atom is 0.261 e. The van der Waals surface area contributed by atoms with Crippen LogP contribution in [0, 0.1) is 0 Å². The van der Waals surface area contributed by atoms with Crippen LogP contribution in [0.15, 0.2) is 42.5 Å². The molecular formula is C21H17ClN2O4. The van der Waals surface area contributed by atoms with E-state index in [1.54, 1.807) is 42.5 Å². The lowest BCUT2D eigenvalue weighted by Gasteiger charge is -2.24. The van der Waals surface area contributed by atoms with Crippen molar-refractivity contribution >= 4 is 40.8 Å². The first kappa shape index (κ1) is 18.4. The van der Waals surface area contributed by atoms with E-state index in [0.29, 0.717) is 33.8 Å². The Bertz CT molecular complexity index is 982. The Hall–Kier alpha value is -2.99. The van der Waals surface area contributed by atoms with Crippen molar-refractivity contribution in [3.63, 3.8) is 0 Å². The van der Waals surface area contributed by atoms with Gasteiger partial charge in [-0.1, -0.05) is 23.7 Å². The number of rotatable bonds is 4. The number of ketones is 1. The number of hydrogen-bond acceptors (Lipinski definition) is 4. The third-order valence-electron chi connectivity index (χ3n) is 5.06. The molecule has 0 aromatic heterocycles. The Morgan fingerprint density at radius 2 is 1.43 bits per heavy atom.